The van der Waals surface area contributed by atoms with E-state index in [2.05, 4.69) is 5.32 Å². The quantitative estimate of drug-likeness (QED) is 0.892. The van der Waals surface area contributed by atoms with Crippen LogP contribution < -0.4 is 5.32 Å². The summed E-state index contributed by atoms with van der Waals surface area (Å²) in [6, 6.07) is 4.55. The van der Waals surface area contributed by atoms with Crippen molar-refractivity contribution in [2.45, 2.75) is 6.92 Å². The molecule has 0 aliphatic rings. The zero-order valence-electron chi connectivity index (χ0n) is 9.94. The van der Waals surface area contributed by atoms with Gasteiger partial charge in [-0.25, -0.2) is 9.18 Å². The van der Waals surface area contributed by atoms with Gasteiger partial charge in [-0.3, -0.25) is 4.79 Å². The number of hydrogen-bond donors (Lipinski definition) is 2. The molecule has 1 aromatic heterocycles. The van der Waals surface area contributed by atoms with Gasteiger partial charge in [0, 0.05) is 0 Å². The fourth-order valence-electron chi connectivity index (χ4n) is 1.56. The van der Waals surface area contributed by atoms with Crippen LogP contribution in [0.2, 0.25) is 0 Å². The van der Waals surface area contributed by atoms with Crippen LogP contribution in [0.15, 0.2) is 34.9 Å². The van der Waals surface area contributed by atoms with Crippen molar-refractivity contribution in [3.05, 3.63) is 53.2 Å². The number of carbonyl (C=O) groups is 2. The minimum Gasteiger partial charge on any atom is -0.478 e. The lowest BCUT2D eigenvalue weighted by Gasteiger charge is -2.07. The van der Waals surface area contributed by atoms with Gasteiger partial charge in [0.25, 0.3) is 5.91 Å². The summed E-state index contributed by atoms with van der Waals surface area (Å²) in [5.41, 5.74) is -0.0515. The second-order valence-corrected chi connectivity index (χ2v) is 3.90. The van der Waals surface area contributed by atoms with Crippen molar-refractivity contribution in [3.8, 4) is 0 Å². The molecule has 19 heavy (non-hydrogen) atoms. The number of amides is 1. The van der Waals surface area contributed by atoms with Gasteiger partial charge in [0.15, 0.2) is 0 Å². The summed E-state index contributed by atoms with van der Waals surface area (Å²) in [6.45, 7) is 1.67. The monoisotopic (exact) mass is 263 g/mol. The number of aryl methyl sites for hydroxylation is 1. The molecule has 0 saturated carbocycles. The van der Waals surface area contributed by atoms with Gasteiger partial charge in [-0.15, -0.1) is 0 Å². The number of furan rings is 1. The summed E-state index contributed by atoms with van der Waals surface area (Å²) >= 11 is 0. The Labute approximate surface area is 107 Å². The average molecular weight is 263 g/mol. The number of carbonyl (C=O) groups excluding carboxylic acids is 1. The summed E-state index contributed by atoms with van der Waals surface area (Å²) in [5, 5.41) is 11.3. The van der Waals surface area contributed by atoms with E-state index < -0.39 is 17.7 Å². The number of halogens is 1. The first kappa shape index (κ1) is 12.8. The molecule has 0 radical (unpaired) electrons. The maximum absolute atomic E-state index is 13.1. The van der Waals surface area contributed by atoms with E-state index in [4.69, 9.17) is 9.52 Å². The zero-order chi connectivity index (χ0) is 14.0. The van der Waals surface area contributed by atoms with E-state index in [9.17, 15) is 14.0 Å². The summed E-state index contributed by atoms with van der Waals surface area (Å²) in [5.74, 6) is -1.91. The van der Waals surface area contributed by atoms with E-state index >= 15 is 0 Å². The second kappa shape index (κ2) is 4.93. The summed E-state index contributed by atoms with van der Waals surface area (Å²) < 4.78 is 18.1. The summed E-state index contributed by atoms with van der Waals surface area (Å²) in [6.07, 6.45) is 1.24. The Morgan fingerprint density at radius 1 is 1.32 bits per heavy atom. The third kappa shape index (κ3) is 2.79. The van der Waals surface area contributed by atoms with Gasteiger partial charge in [0.05, 0.1) is 16.8 Å². The number of rotatable bonds is 3. The third-order valence-corrected chi connectivity index (χ3v) is 2.45. The number of hydrogen-bond acceptors (Lipinski definition) is 3. The van der Waals surface area contributed by atoms with E-state index in [0.717, 1.165) is 18.2 Å². The van der Waals surface area contributed by atoms with Crippen LogP contribution in [0.4, 0.5) is 10.1 Å². The molecule has 0 saturated heterocycles. The second-order valence-electron chi connectivity index (χ2n) is 3.90. The van der Waals surface area contributed by atoms with Crippen molar-refractivity contribution in [2.75, 3.05) is 5.32 Å². The van der Waals surface area contributed by atoms with Crippen molar-refractivity contribution in [3.63, 3.8) is 0 Å². The highest BCUT2D eigenvalue weighted by molar-refractivity contribution is 6.07. The van der Waals surface area contributed by atoms with Crippen LogP contribution in [0.25, 0.3) is 0 Å². The van der Waals surface area contributed by atoms with Gasteiger partial charge < -0.3 is 14.8 Å². The van der Waals surface area contributed by atoms with E-state index in [1.54, 1.807) is 6.92 Å². The van der Waals surface area contributed by atoms with E-state index in [-0.39, 0.29) is 16.8 Å². The summed E-state index contributed by atoms with van der Waals surface area (Å²) in [4.78, 5) is 22.8. The number of carboxylic acid groups (broad SMARTS) is 1. The Balaban J connectivity index is 2.30. The van der Waals surface area contributed by atoms with Gasteiger partial charge in [-0.2, -0.15) is 0 Å². The summed E-state index contributed by atoms with van der Waals surface area (Å²) in [7, 11) is 0. The molecule has 0 aliphatic carbocycles. The van der Waals surface area contributed by atoms with Crippen molar-refractivity contribution >= 4 is 17.6 Å². The predicted molar refractivity (Wildman–Crippen MR) is 64.8 cm³/mol. The molecule has 1 amide bonds. The fraction of sp³-hybridized carbons (Fsp3) is 0.0769. The molecule has 2 N–H and O–H groups in total. The molecule has 6 heteroatoms. The Morgan fingerprint density at radius 3 is 2.63 bits per heavy atom. The zero-order valence-corrected chi connectivity index (χ0v) is 9.94. The number of carboxylic acids is 1. The van der Waals surface area contributed by atoms with Crippen molar-refractivity contribution in [1.82, 2.24) is 0 Å². The van der Waals surface area contributed by atoms with Crippen molar-refractivity contribution in [1.29, 1.82) is 0 Å². The van der Waals surface area contributed by atoms with E-state index in [1.165, 1.54) is 12.3 Å². The number of benzene rings is 1. The lowest BCUT2D eigenvalue weighted by atomic mass is 10.1. The fourth-order valence-corrected chi connectivity index (χ4v) is 1.56. The first-order valence-electron chi connectivity index (χ1n) is 5.36. The molecular weight excluding hydrogens is 253 g/mol. The standard InChI is InChI=1S/C13H10FNO4/c1-7-4-8(6-19-7)12(16)15-11-5-9(14)2-3-10(11)13(17)18/h2-6H,1H3,(H,15,16)(H,17,18). The molecule has 0 bridgehead atoms. The average Bonchev–Trinajstić information content (AvgIpc) is 2.75. The molecular formula is C13H10FNO4. The minimum atomic E-state index is -1.25. The molecule has 0 atom stereocenters. The van der Waals surface area contributed by atoms with E-state index in [0.29, 0.717) is 5.76 Å². The van der Waals surface area contributed by atoms with Crippen LogP contribution in [-0.2, 0) is 0 Å². The molecule has 2 aromatic rings. The molecule has 1 aromatic carbocycles. The van der Waals surface area contributed by atoms with Gasteiger partial charge in [0.2, 0.25) is 0 Å². The Morgan fingerprint density at radius 2 is 2.05 bits per heavy atom. The van der Waals surface area contributed by atoms with Crippen LogP contribution in [0.5, 0.6) is 0 Å². The molecule has 1 heterocycles. The van der Waals surface area contributed by atoms with Gasteiger partial charge in [-0.1, -0.05) is 0 Å². The highest BCUT2D eigenvalue weighted by Crippen LogP contribution is 2.19. The van der Waals surface area contributed by atoms with Gasteiger partial charge in [0.1, 0.15) is 17.8 Å². The van der Waals surface area contributed by atoms with Crippen LogP contribution >= 0.6 is 0 Å². The van der Waals surface area contributed by atoms with E-state index in [1.807, 2.05) is 0 Å². The lowest BCUT2D eigenvalue weighted by Crippen LogP contribution is -2.14. The highest BCUT2D eigenvalue weighted by Gasteiger charge is 2.15. The Bertz CT molecular complexity index is 648. The van der Waals surface area contributed by atoms with Gasteiger partial charge >= 0.3 is 5.97 Å². The van der Waals surface area contributed by atoms with Crippen molar-refractivity contribution < 1.29 is 23.5 Å². The third-order valence-electron chi connectivity index (χ3n) is 2.45. The normalized spacial score (nSPS) is 10.2. The predicted octanol–water partition coefficient (Wildman–Crippen LogP) is 2.68. The maximum atomic E-state index is 13.1. The van der Waals surface area contributed by atoms with Crippen LogP contribution in [0, 0.1) is 12.7 Å². The molecule has 0 fully saturated rings. The molecule has 0 unspecified atom stereocenters. The van der Waals surface area contributed by atoms with Crippen LogP contribution in [0.3, 0.4) is 0 Å². The molecule has 0 spiro atoms. The first-order valence-corrected chi connectivity index (χ1v) is 5.36. The minimum absolute atomic E-state index is 0.101. The maximum Gasteiger partial charge on any atom is 0.337 e. The molecule has 0 aliphatic heterocycles. The lowest BCUT2D eigenvalue weighted by molar-refractivity contribution is 0.0698. The number of nitrogens with one attached hydrogen (secondary N) is 1. The van der Waals surface area contributed by atoms with Crippen LogP contribution in [-0.4, -0.2) is 17.0 Å². The molecule has 5 nitrogen and oxygen atoms in total. The SMILES string of the molecule is Cc1cc(C(=O)Nc2cc(F)ccc2C(=O)O)co1. The molecule has 98 valence electrons. The first-order chi connectivity index (χ1) is 8.97. The number of aromatic carboxylic acids is 1. The van der Waals surface area contributed by atoms with Gasteiger partial charge in [-0.05, 0) is 31.2 Å². The number of anilines is 1. The van der Waals surface area contributed by atoms with Crippen molar-refractivity contribution in [2.24, 2.45) is 0 Å². The Hall–Kier alpha value is -2.63. The largest absolute Gasteiger partial charge is 0.478 e. The smallest absolute Gasteiger partial charge is 0.337 e. The highest BCUT2D eigenvalue weighted by atomic mass is 19.1. The topological polar surface area (TPSA) is 79.5 Å². The Kier molecular flexibility index (Phi) is 3.33. The molecule has 2 rings (SSSR count). The van der Waals surface area contributed by atoms with Crippen LogP contribution in [0.1, 0.15) is 26.5 Å².